The quantitative estimate of drug-likeness (QED) is 0.873. The SMILES string of the molecule is CC(c1nc(-c2ccccc2)no1)N1CCN(C(=O)C2(N)CCCCC2)CC1. The lowest BCUT2D eigenvalue weighted by molar-refractivity contribution is -0.140. The summed E-state index contributed by atoms with van der Waals surface area (Å²) in [5.74, 6) is 1.35. The summed E-state index contributed by atoms with van der Waals surface area (Å²) in [6, 6.07) is 9.84. The molecule has 2 heterocycles. The van der Waals surface area contributed by atoms with Crippen LogP contribution < -0.4 is 5.73 Å². The summed E-state index contributed by atoms with van der Waals surface area (Å²) in [5, 5.41) is 4.12. The van der Waals surface area contributed by atoms with Gasteiger partial charge in [-0.25, -0.2) is 0 Å². The number of nitrogens with zero attached hydrogens (tertiary/aromatic N) is 4. The maximum atomic E-state index is 12.9. The van der Waals surface area contributed by atoms with Crippen molar-refractivity contribution in [2.75, 3.05) is 26.2 Å². The average molecular weight is 383 g/mol. The van der Waals surface area contributed by atoms with Gasteiger partial charge in [0.05, 0.1) is 11.6 Å². The summed E-state index contributed by atoms with van der Waals surface area (Å²) >= 11 is 0. The normalized spacial score (nSPS) is 21.4. The molecule has 1 saturated carbocycles. The molecule has 1 saturated heterocycles. The number of benzene rings is 1. The van der Waals surface area contributed by atoms with Gasteiger partial charge >= 0.3 is 0 Å². The van der Waals surface area contributed by atoms with E-state index in [9.17, 15) is 4.79 Å². The summed E-state index contributed by atoms with van der Waals surface area (Å²) in [4.78, 5) is 21.7. The number of hydrogen-bond acceptors (Lipinski definition) is 6. The standard InChI is InChI=1S/C21H29N5O2/c1-16(19-23-18(24-28-19)17-8-4-2-5-9-17)25-12-14-26(15-13-25)20(27)21(22)10-6-3-7-11-21/h2,4-5,8-9,16H,3,6-7,10-15,22H2,1H3. The van der Waals surface area contributed by atoms with Gasteiger partial charge in [-0.2, -0.15) is 4.98 Å². The van der Waals surface area contributed by atoms with Gasteiger partial charge in [0.15, 0.2) is 0 Å². The molecule has 4 rings (SSSR count). The molecule has 0 spiro atoms. The number of amides is 1. The fourth-order valence-corrected chi connectivity index (χ4v) is 4.29. The minimum Gasteiger partial charge on any atom is -0.339 e. The van der Waals surface area contributed by atoms with E-state index >= 15 is 0 Å². The molecule has 2 aliphatic rings. The van der Waals surface area contributed by atoms with Crippen molar-refractivity contribution >= 4 is 5.91 Å². The van der Waals surface area contributed by atoms with Crippen LogP contribution in [-0.4, -0.2) is 57.6 Å². The number of piperazine rings is 1. The minimum atomic E-state index is -0.650. The Hall–Kier alpha value is -2.25. The highest BCUT2D eigenvalue weighted by Gasteiger charge is 2.39. The first-order valence-electron chi connectivity index (χ1n) is 10.3. The Bertz CT molecular complexity index is 792. The van der Waals surface area contributed by atoms with E-state index in [2.05, 4.69) is 22.0 Å². The van der Waals surface area contributed by atoms with Crippen molar-refractivity contribution in [3.8, 4) is 11.4 Å². The summed E-state index contributed by atoms with van der Waals surface area (Å²) in [5.41, 5.74) is 6.73. The molecule has 1 amide bonds. The molecular weight excluding hydrogens is 354 g/mol. The highest BCUT2D eigenvalue weighted by molar-refractivity contribution is 5.86. The molecule has 0 radical (unpaired) electrons. The molecule has 28 heavy (non-hydrogen) atoms. The van der Waals surface area contributed by atoms with Gasteiger partial charge in [0.2, 0.25) is 17.6 Å². The fourth-order valence-electron chi connectivity index (χ4n) is 4.29. The van der Waals surface area contributed by atoms with E-state index in [4.69, 9.17) is 10.3 Å². The van der Waals surface area contributed by atoms with Crippen LogP contribution in [0.2, 0.25) is 0 Å². The molecular formula is C21H29N5O2. The molecule has 7 heteroatoms. The summed E-state index contributed by atoms with van der Waals surface area (Å²) < 4.78 is 5.52. The van der Waals surface area contributed by atoms with Gasteiger partial charge in [-0.3, -0.25) is 9.69 Å². The Labute approximate surface area is 165 Å². The maximum absolute atomic E-state index is 12.9. The molecule has 1 aromatic heterocycles. The molecule has 1 unspecified atom stereocenters. The maximum Gasteiger partial charge on any atom is 0.244 e. The minimum absolute atomic E-state index is 0.0173. The molecule has 1 aliphatic carbocycles. The van der Waals surface area contributed by atoms with Crippen molar-refractivity contribution in [3.63, 3.8) is 0 Å². The van der Waals surface area contributed by atoms with Gasteiger partial charge in [0, 0.05) is 31.7 Å². The van der Waals surface area contributed by atoms with Crippen LogP contribution in [0.4, 0.5) is 0 Å². The molecule has 1 aromatic carbocycles. The second-order valence-corrected chi connectivity index (χ2v) is 8.04. The monoisotopic (exact) mass is 383 g/mol. The van der Waals surface area contributed by atoms with Crippen molar-refractivity contribution < 1.29 is 9.32 Å². The zero-order valence-electron chi connectivity index (χ0n) is 16.5. The predicted octanol–water partition coefficient (Wildman–Crippen LogP) is 2.60. The molecule has 2 N–H and O–H groups in total. The second-order valence-electron chi connectivity index (χ2n) is 8.04. The number of carbonyl (C=O) groups excluding carboxylic acids is 1. The van der Waals surface area contributed by atoms with Crippen LogP contribution in [0.5, 0.6) is 0 Å². The van der Waals surface area contributed by atoms with Crippen LogP contribution in [0, 0.1) is 0 Å². The lowest BCUT2D eigenvalue weighted by atomic mass is 9.81. The van der Waals surface area contributed by atoms with Crippen molar-refractivity contribution in [3.05, 3.63) is 36.2 Å². The van der Waals surface area contributed by atoms with Gasteiger partial charge in [-0.1, -0.05) is 54.8 Å². The third-order valence-corrected chi connectivity index (χ3v) is 6.15. The zero-order chi connectivity index (χ0) is 19.6. The van der Waals surface area contributed by atoms with Crippen LogP contribution in [-0.2, 0) is 4.79 Å². The Kier molecular flexibility index (Phi) is 5.46. The lowest BCUT2D eigenvalue weighted by Crippen LogP contribution is -2.60. The van der Waals surface area contributed by atoms with Crippen LogP contribution in [0.15, 0.2) is 34.9 Å². The van der Waals surface area contributed by atoms with Crippen LogP contribution in [0.1, 0.15) is 51.0 Å². The van der Waals surface area contributed by atoms with Gasteiger partial charge in [0.25, 0.3) is 0 Å². The van der Waals surface area contributed by atoms with Crippen LogP contribution in [0.3, 0.4) is 0 Å². The first kappa shape index (κ1) is 19.1. The molecule has 1 atom stereocenters. The summed E-state index contributed by atoms with van der Waals surface area (Å²) in [7, 11) is 0. The van der Waals surface area contributed by atoms with E-state index in [0.29, 0.717) is 24.8 Å². The Morgan fingerprint density at radius 1 is 1.11 bits per heavy atom. The molecule has 1 aliphatic heterocycles. The second kappa shape index (κ2) is 8.01. The number of hydrogen-bond donors (Lipinski definition) is 1. The van der Waals surface area contributed by atoms with E-state index in [0.717, 1.165) is 44.3 Å². The first-order valence-corrected chi connectivity index (χ1v) is 10.3. The molecule has 7 nitrogen and oxygen atoms in total. The third kappa shape index (κ3) is 3.82. The number of aromatic nitrogens is 2. The smallest absolute Gasteiger partial charge is 0.244 e. The van der Waals surface area contributed by atoms with E-state index in [1.807, 2.05) is 35.2 Å². The van der Waals surface area contributed by atoms with Crippen molar-refractivity contribution in [1.82, 2.24) is 19.9 Å². The Morgan fingerprint density at radius 3 is 2.46 bits per heavy atom. The summed E-state index contributed by atoms with van der Waals surface area (Å²) in [6.45, 7) is 5.03. The van der Waals surface area contributed by atoms with Crippen molar-refractivity contribution in [2.24, 2.45) is 5.73 Å². The van der Waals surface area contributed by atoms with Gasteiger partial charge in [-0.05, 0) is 19.8 Å². The highest BCUT2D eigenvalue weighted by Crippen LogP contribution is 2.29. The van der Waals surface area contributed by atoms with E-state index < -0.39 is 5.54 Å². The zero-order valence-corrected chi connectivity index (χ0v) is 16.5. The highest BCUT2D eigenvalue weighted by atomic mass is 16.5. The number of nitrogens with two attached hydrogens (primary N) is 1. The number of carbonyl (C=O) groups is 1. The summed E-state index contributed by atoms with van der Waals surface area (Å²) in [6.07, 6.45) is 4.92. The molecule has 150 valence electrons. The van der Waals surface area contributed by atoms with E-state index in [1.165, 1.54) is 6.42 Å². The molecule has 0 bridgehead atoms. The van der Waals surface area contributed by atoms with E-state index in [-0.39, 0.29) is 11.9 Å². The first-order chi connectivity index (χ1) is 13.6. The Morgan fingerprint density at radius 2 is 1.79 bits per heavy atom. The van der Waals surface area contributed by atoms with Crippen molar-refractivity contribution in [2.45, 2.75) is 50.6 Å². The average Bonchev–Trinajstić information content (AvgIpc) is 3.24. The fraction of sp³-hybridized carbons (Fsp3) is 0.571. The van der Waals surface area contributed by atoms with Crippen LogP contribution in [0.25, 0.3) is 11.4 Å². The Balaban J connectivity index is 1.36. The van der Waals surface area contributed by atoms with E-state index in [1.54, 1.807) is 0 Å². The van der Waals surface area contributed by atoms with Gasteiger partial charge in [0.1, 0.15) is 0 Å². The van der Waals surface area contributed by atoms with Gasteiger partial charge < -0.3 is 15.2 Å². The topological polar surface area (TPSA) is 88.5 Å². The predicted molar refractivity (Wildman–Crippen MR) is 106 cm³/mol. The number of rotatable bonds is 4. The van der Waals surface area contributed by atoms with Gasteiger partial charge in [-0.15, -0.1) is 0 Å². The molecule has 2 fully saturated rings. The largest absolute Gasteiger partial charge is 0.339 e. The van der Waals surface area contributed by atoms with Crippen molar-refractivity contribution in [1.29, 1.82) is 0 Å². The lowest BCUT2D eigenvalue weighted by Gasteiger charge is -2.42. The van der Waals surface area contributed by atoms with Crippen LogP contribution >= 0.6 is 0 Å². The third-order valence-electron chi connectivity index (χ3n) is 6.15. The molecule has 2 aromatic rings.